The van der Waals surface area contributed by atoms with E-state index < -0.39 is 0 Å². The predicted molar refractivity (Wildman–Crippen MR) is 67.6 cm³/mol. The molecule has 98 valence electrons. The van der Waals surface area contributed by atoms with Crippen LogP contribution in [0.1, 0.15) is 33.1 Å². The number of carbonyl (C=O) groups is 1. The Bertz CT molecular complexity index is 279. The van der Waals surface area contributed by atoms with Gasteiger partial charge in [-0.2, -0.15) is 0 Å². The monoisotopic (exact) mass is 239 g/mol. The van der Waals surface area contributed by atoms with Crippen LogP contribution in [0.3, 0.4) is 0 Å². The van der Waals surface area contributed by atoms with E-state index in [4.69, 9.17) is 4.74 Å². The average molecular weight is 239 g/mol. The molecule has 2 rings (SSSR count). The molecule has 2 aliphatic rings. The summed E-state index contributed by atoms with van der Waals surface area (Å²) in [5, 5.41) is 0. The van der Waals surface area contributed by atoms with Gasteiger partial charge in [-0.3, -0.25) is 4.79 Å². The third-order valence-corrected chi connectivity index (χ3v) is 4.66. The van der Waals surface area contributed by atoms with Crippen LogP contribution in [0.25, 0.3) is 0 Å². The van der Waals surface area contributed by atoms with Crippen molar-refractivity contribution in [2.45, 2.75) is 33.1 Å². The van der Waals surface area contributed by atoms with Gasteiger partial charge in [-0.15, -0.1) is 0 Å². The maximum absolute atomic E-state index is 11.7. The minimum absolute atomic E-state index is 0.00570. The maximum atomic E-state index is 11.7. The van der Waals surface area contributed by atoms with Gasteiger partial charge < -0.3 is 9.64 Å². The number of esters is 1. The number of carbonyl (C=O) groups excluding carboxylic acids is 1. The molecule has 0 spiro atoms. The van der Waals surface area contributed by atoms with Crippen LogP contribution in [0.2, 0.25) is 0 Å². The molecule has 0 amide bonds. The topological polar surface area (TPSA) is 29.5 Å². The second-order valence-electron chi connectivity index (χ2n) is 5.87. The second-order valence-corrected chi connectivity index (χ2v) is 5.87. The number of nitrogens with zero attached hydrogens (tertiary/aromatic N) is 1. The molecule has 0 aromatic carbocycles. The van der Waals surface area contributed by atoms with Gasteiger partial charge in [0.25, 0.3) is 0 Å². The van der Waals surface area contributed by atoms with Crippen LogP contribution in [-0.2, 0) is 9.53 Å². The second kappa shape index (κ2) is 5.38. The van der Waals surface area contributed by atoms with Crippen molar-refractivity contribution in [3.05, 3.63) is 0 Å². The molecule has 0 N–H and O–H groups in total. The first-order valence-electron chi connectivity index (χ1n) is 6.96. The molecule has 2 fully saturated rings. The highest BCUT2D eigenvalue weighted by atomic mass is 16.5. The van der Waals surface area contributed by atoms with Gasteiger partial charge in [-0.05, 0) is 44.1 Å². The van der Waals surface area contributed by atoms with Crippen molar-refractivity contribution in [1.29, 1.82) is 0 Å². The first-order chi connectivity index (χ1) is 8.11. The smallest absolute Gasteiger partial charge is 0.306 e. The highest BCUT2D eigenvalue weighted by molar-refractivity contribution is 5.69. The molecule has 1 saturated carbocycles. The molecule has 0 radical (unpaired) electrons. The van der Waals surface area contributed by atoms with Crippen molar-refractivity contribution in [3.8, 4) is 0 Å². The van der Waals surface area contributed by atoms with Gasteiger partial charge in [0, 0.05) is 19.5 Å². The van der Waals surface area contributed by atoms with E-state index in [-0.39, 0.29) is 5.97 Å². The number of hydrogen-bond donors (Lipinski definition) is 0. The third-order valence-electron chi connectivity index (χ3n) is 4.66. The van der Waals surface area contributed by atoms with Gasteiger partial charge in [-0.1, -0.05) is 13.3 Å². The minimum atomic E-state index is 0.00570. The summed E-state index contributed by atoms with van der Waals surface area (Å²) >= 11 is 0. The Morgan fingerprint density at radius 1 is 1.35 bits per heavy atom. The predicted octanol–water partition coefficient (Wildman–Crippen LogP) is 2.16. The third kappa shape index (κ3) is 2.82. The van der Waals surface area contributed by atoms with Crippen molar-refractivity contribution in [2.24, 2.45) is 23.7 Å². The van der Waals surface area contributed by atoms with Crippen LogP contribution in [-0.4, -0.2) is 37.6 Å². The highest BCUT2D eigenvalue weighted by Crippen LogP contribution is 2.44. The summed E-state index contributed by atoms with van der Waals surface area (Å²) < 4.78 is 5.12. The van der Waals surface area contributed by atoms with Gasteiger partial charge in [0.1, 0.15) is 0 Å². The Hall–Kier alpha value is -0.570. The first-order valence-corrected chi connectivity index (χ1v) is 6.96. The van der Waals surface area contributed by atoms with Crippen molar-refractivity contribution in [2.75, 3.05) is 26.7 Å². The van der Waals surface area contributed by atoms with Crippen LogP contribution < -0.4 is 0 Å². The SMILES string of the molecule is CCOC(=O)CC1C2CCC(C)C1CN(C)C2. The summed E-state index contributed by atoms with van der Waals surface area (Å²) in [5.74, 6) is 2.73. The number of hydrogen-bond acceptors (Lipinski definition) is 3. The van der Waals surface area contributed by atoms with Gasteiger partial charge in [-0.25, -0.2) is 0 Å². The zero-order chi connectivity index (χ0) is 12.4. The number of piperidine rings is 1. The molecule has 4 unspecified atom stereocenters. The van der Waals surface area contributed by atoms with E-state index >= 15 is 0 Å². The fourth-order valence-corrected chi connectivity index (χ4v) is 3.78. The molecule has 1 aliphatic carbocycles. The standard InChI is InChI=1S/C14H25NO2/c1-4-17-14(16)7-12-11-6-5-10(2)13(12)9-15(3)8-11/h10-13H,4-9H2,1-3H3. The lowest BCUT2D eigenvalue weighted by Crippen LogP contribution is -2.50. The normalized spacial score (nSPS) is 37.8. The van der Waals surface area contributed by atoms with E-state index in [2.05, 4.69) is 18.9 Å². The molecular weight excluding hydrogens is 214 g/mol. The minimum Gasteiger partial charge on any atom is -0.466 e. The fraction of sp³-hybridized carbons (Fsp3) is 0.929. The van der Waals surface area contributed by atoms with Crippen LogP contribution in [0.15, 0.2) is 0 Å². The molecule has 3 heteroatoms. The molecule has 1 heterocycles. The first kappa shape index (κ1) is 12.9. The molecule has 4 atom stereocenters. The van der Waals surface area contributed by atoms with Crippen molar-refractivity contribution in [3.63, 3.8) is 0 Å². The Kier molecular flexibility index (Phi) is 4.08. The number of likely N-dealkylation sites (tertiary alicyclic amines) is 1. The van der Waals surface area contributed by atoms with Crippen LogP contribution >= 0.6 is 0 Å². The lowest BCUT2D eigenvalue weighted by Gasteiger charge is -2.49. The Balaban J connectivity index is 2.02. The Morgan fingerprint density at radius 2 is 2.12 bits per heavy atom. The van der Waals surface area contributed by atoms with Crippen molar-refractivity contribution >= 4 is 5.97 Å². The summed E-state index contributed by atoms with van der Waals surface area (Å²) in [6.07, 6.45) is 3.26. The van der Waals surface area contributed by atoms with Crippen LogP contribution in [0.5, 0.6) is 0 Å². The van der Waals surface area contributed by atoms with E-state index in [0.29, 0.717) is 30.8 Å². The molecular formula is C14H25NO2. The Morgan fingerprint density at radius 3 is 2.82 bits per heavy atom. The lowest BCUT2D eigenvalue weighted by atomic mass is 9.63. The van der Waals surface area contributed by atoms with E-state index in [1.165, 1.54) is 12.8 Å². The average Bonchev–Trinajstić information content (AvgIpc) is 2.26. The lowest BCUT2D eigenvalue weighted by molar-refractivity contribution is -0.147. The Labute approximate surface area is 105 Å². The molecule has 0 aromatic rings. The number of rotatable bonds is 3. The number of ether oxygens (including phenoxy) is 1. The number of fused-ring (bicyclic) bond motifs is 2. The van der Waals surface area contributed by atoms with E-state index in [9.17, 15) is 4.79 Å². The summed E-state index contributed by atoms with van der Waals surface area (Å²) in [6, 6.07) is 0. The van der Waals surface area contributed by atoms with Crippen molar-refractivity contribution < 1.29 is 9.53 Å². The van der Waals surface area contributed by atoms with E-state index in [0.717, 1.165) is 19.0 Å². The highest BCUT2D eigenvalue weighted by Gasteiger charge is 2.42. The quantitative estimate of drug-likeness (QED) is 0.707. The summed E-state index contributed by atoms with van der Waals surface area (Å²) in [5.41, 5.74) is 0. The van der Waals surface area contributed by atoms with Gasteiger partial charge in [0.2, 0.25) is 0 Å². The molecule has 2 bridgehead atoms. The van der Waals surface area contributed by atoms with Gasteiger partial charge in [0.05, 0.1) is 6.61 Å². The molecule has 1 aliphatic heterocycles. The molecule has 0 aromatic heterocycles. The van der Waals surface area contributed by atoms with E-state index in [1.807, 2.05) is 6.92 Å². The zero-order valence-electron chi connectivity index (χ0n) is 11.3. The summed E-state index contributed by atoms with van der Waals surface area (Å²) in [7, 11) is 2.21. The summed E-state index contributed by atoms with van der Waals surface area (Å²) in [6.45, 7) is 7.06. The van der Waals surface area contributed by atoms with Gasteiger partial charge in [0.15, 0.2) is 0 Å². The molecule has 3 nitrogen and oxygen atoms in total. The molecule has 17 heavy (non-hydrogen) atoms. The van der Waals surface area contributed by atoms with E-state index in [1.54, 1.807) is 0 Å². The van der Waals surface area contributed by atoms with Crippen LogP contribution in [0.4, 0.5) is 0 Å². The molecule has 1 saturated heterocycles. The zero-order valence-corrected chi connectivity index (χ0v) is 11.3. The maximum Gasteiger partial charge on any atom is 0.306 e. The summed E-state index contributed by atoms with van der Waals surface area (Å²) in [4.78, 5) is 14.1. The van der Waals surface area contributed by atoms with Crippen molar-refractivity contribution in [1.82, 2.24) is 4.90 Å². The largest absolute Gasteiger partial charge is 0.466 e. The van der Waals surface area contributed by atoms with Gasteiger partial charge >= 0.3 is 5.97 Å². The van der Waals surface area contributed by atoms with Crippen LogP contribution in [0, 0.1) is 23.7 Å². The fourth-order valence-electron chi connectivity index (χ4n) is 3.78.